The van der Waals surface area contributed by atoms with Gasteiger partial charge in [-0.1, -0.05) is 61.4 Å². The molecule has 0 spiro atoms. The topological polar surface area (TPSA) is 105 Å². The molecular weight excluding hydrogens is 452 g/mol. The Morgan fingerprint density at radius 2 is 1.50 bits per heavy atom. The van der Waals surface area contributed by atoms with Crippen LogP contribution < -0.4 is 10.6 Å². The van der Waals surface area contributed by atoms with Crippen molar-refractivity contribution < 1.29 is 24.2 Å². The van der Waals surface area contributed by atoms with Crippen molar-refractivity contribution in [3.05, 3.63) is 59.7 Å². The number of alkyl carbamates (subject to hydrolysis) is 1. The van der Waals surface area contributed by atoms with Crippen LogP contribution in [0, 0.1) is 0 Å². The molecule has 0 aromatic heterocycles. The number of amides is 2. The Balaban J connectivity index is 1.25. The van der Waals surface area contributed by atoms with Crippen molar-refractivity contribution in [3.8, 4) is 11.1 Å². The summed E-state index contributed by atoms with van der Waals surface area (Å²) in [5.41, 5.74) is 4.75. The molecule has 2 aromatic carbocycles. The molecule has 34 heavy (non-hydrogen) atoms. The normalized spacial score (nSPS) is 12.0. The number of carbonyl (C=O) groups excluding carboxylic acids is 2. The average molecular weight is 485 g/mol. The van der Waals surface area contributed by atoms with E-state index in [1.807, 2.05) is 24.3 Å². The molecular formula is C26H32N2O5S. The fourth-order valence-corrected chi connectivity index (χ4v) is 4.75. The zero-order valence-corrected chi connectivity index (χ0v) is 20.1. The fourth-order valence-electron chi connectivity index (χ4n) is 4.07. The summed E-state index contributed by atoms with van der Waals surface area (Å²) in [7, 11) is 0. The maximum absolute atomic E-state index is 12.2. The summed E-state index contributed by atoms with van der Waals surface area (Å²) in [6.07, 6.45) is 3.04. The van der Waals surface area contributed by atoms with Crippen molar-refractivity contribution in [2.45, 2.75) is 38.0 Å². The van der Waals surface area contributed by atoms with Gasteiger partial charge in [0.1, 0.15) is 6.61 Å². The third kappa shape index (κ3) is 7.80. The van der Waals surface area contributed by atoms with Crippen LogP contribution in [0.3, 0.4) is 0 Å². The zero-order valence-electron chi connectivity index (χ0n) is 19.3. The minimum absolute atomic E-state index is 0.0309. The van der Waals surface area contributed by atoms with Gasteiger partial charge in [-0.05, 0) is 35.1 Å². The van der Waals surface area contributed by atoms with Gasteiger partial charge in [-0.3, -0.25) is 9.59 Å². The Hall–Kier alpha value is -3.00. The molecule has 1 aliphatic rings. The number of unbranched alkanes of at least 4 members (excludes halogenated alkanes) is 3. The summed E-state index contributed by atoms with van der Waals surface area (Å²) >= 11 is 1.46. The van der Waals surface area contributed by atoms with Crippen molar-refractivity contribution in [1.82, 2.24) is 10.6 Å². The van der Waals surface area contributed by atoms with Crippen molar-refractivity contribution in [2.75, 3.05) is 31.2 Å². The standard InChI is InChI=1S/C26H32N2O5S/c29-24(27-14-8-2-1-3-13-25(30)31)18-34-16-15-28-26(32)33-17-23-21-11-6-4-9-19(21)20-10-5-7-12-22(20)23/h4-7,9-12,23H,1-3,8,13-18H2,(H,27,29)(H,28,32)(H,30,31). The molecule has 0 heterocycles. The van der Waals surface area contributed by atoms with Crippen molar-refractivity contribution in [1.29, 1.82) is 0 Å². The number of benzene rings is 2. The van der Waals surface area contributed by atoms with Gasteiger partial charge in [0.05, 0.1) is 5.75 Å². The van der Waals surface area contributed by atoms with Gasteiger partial charge in [-0.25, -0.2) is 4.79 Å². The molecule has 7 nitrogen and oxygen atoms in total. The maximum atomic E-state index is 12.2. The summed E-state index contributed by atoms with van der Waals surface area (Å²) in [5.74, 6) is 0.196. The van der Waals surface area contributed by atoms with E-state index in [2.05, 4.69) is 34.9 Å². The van der Waals surface area contributed by atoms with Crippen LogP contribution >= 0.6 is 11.8 Å². The highest BCUT2D eigenvalue weighted by molar-refractivity contribution is 7.99. The first-order chi connectivity index (χ1) is 16.6. The number of hydrogen-bond donors (Lipinski definition) is 3. The summed E-state index contributed by atoms with van der Waals surface area (Å²) in [6.45, 7) is 1.31. The summed E-state index contributed by atoms with van der Waals surface area (Å²) < 4.78 is 5.50. The van der Waals surface area contributed by atoms with E-state index in [4.69, 9.17) is 9.84 Å². The largest absolute Gasteiger partial charge is 0.481 e. The number of carboxylic acid groups (broad SMARTS) is 1. The molecule has 3 rings (SSSR count). The number of nitrogens with one attached hydrogen (secondary N) is 2. The van der Waals surface area contributed by atoms with Crippen molar-refractivity contribution >= 4 is 29.7 Å². The number of ether oxygens (including phenoxy) is 1. The highest BCUT2D eigenvalue weighted by Crippen LogP contribution is 2.44. The molecule has 0 saturated heterocycles. The molecule has 0 atom stereocenters. The zero-order chi connectivity index (χ0) is 24.2. The number of hydrogen-bond acceptors (Lipinski definition) is 5. The van der Waals surface area contributed by atoms with Gasteiger partial charge in [0, 0.05) is 31.2 Å². The molecule has 0 bridgehead atoms. The smallest absolute Gasteiger partial charge is 0.407 e. The van der Waals surface area contributed by atoms with Gasteiger partial charge >= 0.3 is 12.1 Å². The lowest BCUT2D eigenvalue weighted by atomic mass is 9.98. The van der Waals surface area contributed by atoms with E-state index in [9.17, 15) is 14.4 Å². The molecule has 0 saturated carbocycles. The molecule has 182 valence electrons. The Morgan fingerprint density at radius 1 is 0.853 bits per heavy atom. The third-order valence-electron chi connectivity index (χ3n) is 5.73. The van der Waals surface area contributed by atoms with Crippen LogP contribution in [0.4, 0.5) is 4.79 Å². The van der Waals surface area contributed by atoms with Gasteiger partial charge < -0.3 is 20.5 Å². The SMILES string of the molecule is O=C(O)CCCCCCNC(=O)CSCCNC(=O)OCC1c2ccccc2-c2ccccc21. The first kappa shape index (κ1) is 25.6. The first-order valence-electron chi connectivity index (χ1n) is 11.7. The quantitative estimate of drug-likeness (QED) is 0.343. The van der Waals surface area contributed by atoms with Gasteiger partial charge in [0.2, 0.25) is 5.91 Å². The van der Waals surface area contributed by atoms with Gasteiger partial charge in [0.15, 0.2) is 0 Å². The highest BCUT2D eigenvalue weighted by Gasteiger charge is 2.28. The van der Waals surface area contributed by atoms with Crippen LogP contribution in [0.15, 0.2) is 48.5 Å². The molecule has 0 unspecified atom stereocenters. The Labute approximate surface area is 204 Å². The second kappa shape index (κ2) is 13.6. The van der Waals surface area contributed by atoms with Gasteiger partial charge in [-0.2, -0.15) is 11.8 Å². The number of carbonyl (C=O) groups is 3. The van der Waals surface area contributed by atoms with Crippen molar-refractivity contribution in [2.24, 2.45) is 0 Å². The van der Waals surface area contributed by atoms with E-state index in [0.717, 1.165) is 19.3 Å². The van der Waals surface area contributed by atoms with Gasteiger partial charge in [0.25, 0.3) is 0 Å². The maximum Gasteiger partial charge on any atom is 0.407 e. The lowest BCUT2D eigenvalue weighted by molar-refractivity contribution is -0.137. The lowest BCUT2D eigenvalue weighted by Crippen LogP contribution is -2.29. The lowest BCUT2D eigenvalue weighted by Gasteiger charge is -2.14. The van der Waals surface area contributed by atoms with Crippen molar-refractivity contribution in [3.63, 3.8) is 0 Å². The third-order valence-corrected chi connectivity index (χ3v) is 6.69. The van der Waals surface area contributed by atoms with Gasteiger partial charge in [-0.15, -0.1) is 0 Å². The highest BCUT2D eigenvalue weighted by atomic mass is 32.2. The Kier molecular flexibility index (Phi) is 10.3. The number of rotatable bonds is 14. The van der Waals surface area contributed by atoms with Crippen LogP contribution in [0.2, 0.25) is 0 Å². The molecule has 1 aliphatic carbocycles. The predicted molar refractivity (Wildman–Crippen MR) is 134 cm³/mol. The second-order valence-electron chi connectivity index (χ2n) is 8.21. The Morgan fingerprint density at radius 3 is 2.18 bits per heavy atom. The average Bonchev–Trinajstić information content (AvgIpc) is 3.15. The molecule has 0 radical (unpaired) electrons. The summed E-state index contributed by atoms with van der Waals surface area (Å²) in [6, 6.07) is 16.4. The second-order valence-corrected chi connectivity index (χ2v) is 9.32. The minimum atomic E-state index is -0.765. The van der Waals surface area contributed by atoms with E-state index in [1.165, 1.54) is 34.0 Å². The number of carboxylic acids is 1. The molecule has 2 amide bonds. The Bertz CT molecular complexity index is 936. The van der Waals surface area contributed by atoms with E-state index in [1.54, 1.807) is 0 Å². The molecule has 0 aliphatic heterocycles. The van der Waals surface area contributed by atoms with Crippen LogP contribution in [0.5, 0.6) is 0 Å². The number of thioether (sulfide) groups is 1. The first-order valence-corrected chi connectivity index (χ1v) is 12.9. The molecule has 0 fully saturated rings. The monoisotopic (exact) mass is 484 g/mol. The van der Waals surface area contributed by atoms with E-state index < -0.39 is 12.1 Å². The summed E-state index contributed by atoms with van der Waals surface area (Å²) in [4.78, 5) is 34.4. The van der Waals surface area contributed by atoms with Crippen LogP contribution in [0.25, 0.3) is 11.1 Å². The summed E-state index contributed by atoms with van der Waals surface area (Å²) in [5, 5.41) is 14.2. The van der Waals surface area contributed by atoms with Crippen LogP contribution in [-0.4, -0.2) is 54.3 Å². The fraction of sp³-hybridized carbons (Fsp3) is 0.423. The van der Waals surface area contributed by atoms with E-state index in [-0.39, 0.29) is 24.9 Å². The minimum Gasteiger partial charge on any atom is -0.481 e. The predicted octanol–water partition coefficient (Wildman–Crippen LogP) is 4.41. The van der Waals surface area contributed by atoms with Crippen LogP contribution in [0.1, 0.15) is 49.1 Å². The van der Waals surface area contributed by atoms with E-state index in [0.29, 0.717) is 31.0 Å². The molecule has 8 heteroatoms. The van der Waals surface area contributed by atoms with Crippen LogP contribution in [-0.2, 0) is 14.3 Å². The number of aliphatic carboxylic acids is 1. The molecule has 2 aromatic rings. The molecule has 3 N–H and O–H groups in total. The van der Waals surface area contributed by atoms with E-state index >= 15 is 0 Å². The number of fused-ring (bicyclic) bond motifs is 3.